The predicted octanol–water partition coefficient (Wildman–Crippen LogP) is 3.93. The maximum absolute atomic E-state index is 13.4. The normalized spacial score (nSPS) is 15.9. The van der Waals surface area contributed by atoms with Crippen molar-refractivity contribution in [1.29, 1.82) is 0 Å². The number of benzene rings is 2. The zero-order chi connectivity index (χ0) is 22.9. The highest BCUT2D eigenvalue weighted by molar-refractivity contribution is 7.90. The highest BCUT2D eigenvalue weighted by Crippen LogP contribution is 2.32. The Morgan fingerprint density at radius 2 is 1.91 bits per heavy atom. The van der Waals surface area contributed by atoms with Crippen LogP contribution in [-0.2, 0) is 10.0 Å². The number of anilines is 1. The third-order valence-corrected chi connectivity index (χ3v) is 6.72. The third kappa shape index (κ3) is 3.91. The number of amidine groups is 1. The van der Waals surface area contributed by atoms with Crippen molar-refractivity contribution >= 4 is 38.7 Å². The van der Waals surface area contributed by atoms with Crippen molar-refractivity contribution in [2.75, 3.05) is 5.32 Å². The molecule has 2 heterocycles. The number of rotatable bonds is 6. The van der Waals surface area contributed by atoms with Gasteiger partial charge < -0.3 is 10.4 Å². The van der Waals surface area contributed by atoms with Crippen molar-refractivity contribution < 1.29 is 13.5 Å². The molecule has 0 fully saturated rings. The molecule has 1 aromatic heterocycles. The molecule has 1 atom stereocenters. The van der Waals surface area contributed by atoms with Crippen molar-refractivity contribution in [1.82, 2.24) is 4.68 Å². The Bertz CT molecular complexity index is 1410. The van der Waals surface area contributed by atoms with Crippen LogP contribution in [-0.4, -0.2) is 30.3 Å². The molecule has 1 unspecified atom stereocenters. The SMILES string of the molecule is CCCC(C)CC=Nn1c(=O)c(C2=NS(=O)(=O)c3ccccc3N2)c(O)c2ccccc21. The predicted molar refractivity (Wildman–Crippen MR) is 126 cm³/mol. The first-order valence-electron chi connectivity index (χ1n) is 10.4. The number of aromatic hydroxyl groups is 1. The summed E-state index contributed by atoms with van der Waals surface area (Å²) in [5, 5.41) is 18.5. The zero-order valence-corrected chi connectivity index (χ0v) is 18.6. The lowest BCUT2D eigenvalue weighted by molar-refractivity contribution is 0.478. The van der Waals surface area contributed by atoms with Gasteiger partial charge >= 0.3 is 0 Å². The van der Waals surface area contributed by atoms with Crippen LogP contribution in [0.15, 0.2) is 67.7 Å². The van der Waals surface area contributed by atoms with E-state index in [-0.39, 0.29) is 27.7 Å². The lowest BCUT2D eigenvalue weighted by Crippen LogP contribution is -2.31. The van der Waals surface area contributed by atoms with Crippen LogP contribution in [0.25, 0.3) is 10.9 Å². The molecule has 1 aliphatic rings. The van der Waals surface area contributed by atoms with Crippen molar-refractivity contribution in [2.45, 2.75) is 38.0 Å². The topological polar surface area (TPSA) is 113 Å². The number of aromatic nitrogens is 1. The molecule has 166 valence electrons. The van der Waals surface area contributed by atoms with Crippen LogP contribution in [0.3, 0.4) is 0 Å². The van der Waals surface area contributed by atoms with Gasteiger partial charge in [0.05, 0.1) is 11.2 Å². The van der Waals surface area contributed by atoms with Crippen molar-refractivity contribution in [3.05, 3.63) is 64.4 Å². The lowest BCUT2D eigenvalue weighted by atomic mass is 10.0. The summed E-state index contributed by atoms with van der Waals surface area (Å²) in [4.78, 5) is 13.4. The Morgan fingerprint density at radius 3 is 2.69 bits per heavy atom. The number of hydrogen-bond donors (Lipinski definition) is 2. The molecular weight excluding hydrogens is 428 g/mol. The monoisotopic (exact) mass is 452 g/mol. The van der Waals surface area contributed by atoms with Crippen LogP contribution >= 0.6 is 0 Å². The van der Waals surface area contributed by atoms with E-state index < -0.39 is 15.6 Å². The first-order chi connectivity index (χ1) is 15.3. The van der Waals surface area contributed by atoms with E-state index in [2.05, 4.69) is 28.7 Å². The number of fused-ring (bicyclic) bond motifs is 2. The van der Waals surface area contributed by atoms with Gasteiger partial charge in [-0.15, -0.1) is 4.40 Å². The van der Waals surface area contributed by atoms with Gasteiger partial charge in [0.25, 0.3) is 15.6 Å². The molecule has 0 radical (unpaired) electrons. The third-order valence-electron chi connectivity index (χ3n) is 5.38. The first kappa shape index (κ1) is 21.8. The Morgan fingerprint density at radius 1 is 1.19 bits per heavy atom. The summed E-state index contributed by atoms with van der Waals surface area (Å²) < 4.78 is 30.3. The second-order valence-electron chi connectivity index (χ2n) is 7.82. The van der Waals surface area contributed by atoms with Gasteiger partial charge in [0.2, 0.25) is 0 Å². The number of pyridine rings is 1. The van der Waals surface area contributed by atoms with Crippen LogP contribution in [0.1, 0.15) is 38.7 Å². The fourth-order valence-electron chi connectivity index (χ4n) is 3.78. The molecule has 1 aliphatic heterocycles. The molecule has 0 saturated heterocycles. The summed E-state index contributed by atoms with van der Waals surface area (Å²) in [6, 6.07) is 13.0. The maximum Gasteiger partial charge on any atom is 0.286 e. The average molecular weight is 453 g/mol. The molecule has 4 rings (SSSR count). The number of sulfonamides is 1. The maximum atomic E-state index is 13.4. The molecule has 0 spiro atoms. The number of para-hydroxylation sites is 2. The van der Waals surface area contributed by atoms with Crippen molar-refractivity contribution in [2.24, 2.45) is 15.4 Å². The highest BCUT2D eigenvalue weighted by atomic mass is 32.2. The Hall–Kier alpha value is -3.46. The summed E-state index contributed by atoms with van der Waals surface area (Å²) in [5.74, 6) is -0.175. The molecule has 2 N–H and O–H groups in total. The molecule has 0 bridgehead atoms. The quantitative estimate of drug-likeness (QED) is 0.550. The van der Waals surface area contributed by atoms with E-state index in [4.69, 9.17) is 0 Å². The molecular formula is C23H24N4O4S. The minimum Gasteiger partial charge on any atom is -0.506 e. The molecule has 0 amide bonds. The Balaban J connectivity index is 1.89. The van der Waals surface area contributed by atoms with Crippen LogP contribution in [0.2, 0.25) is 0 Å². The van der Waals surface area contributed by atoms with E-state index in [1.165, 1.54) is 10.7 Å². The smallest absolute Gasteiger partial charge is 0.286 e. The second kappa shape index (κ2) is 8.58. The summed E-state index contributed by atoms with van der Waals surface area (Å²) in [6.07, 6.45) is 4.46. The highest BCUT2D eigenvalue weighted by Gasteiger charge is 2.29. The molecule has 32 heavy (non-hydrogen) atoms. The summed E-state index contributed by atoms with van der Waals surface area (Å²) >= 11 is 0. The number of hydrogen-bond acceptors (Lipinski definition) is 6. The van der Waals surface area contributed by atoms with E-state index in [9.17, 15) is 18.3 Å². The Kier molecular flexibility index (Phi) is 5.84. The van der Waals surface area contributed by atoms with E-state index in [1.54, 1.807) is 48.7 Å². The van der Waals surface area contributed by atoms with Crippen LogP contribution in [0, 0.1) is 5.92 Å². The fraction of sp³-hybridized carbons (Fsp3) is 0.261. The summed E-state index contributed by atoms with van der Waals surface area (Å²) in [5.41, 5.74) is -0.215. The van der Waals surface area contributed by atoms with Crippen LogP contribution in [0.5, 0.6) is 5.75 Å². The summed E-state index contributed by atoms with van der Waals surface area (Å²) in [6.45, 7) is 4.23. The molecule has 2 aromatic carbocycles. The Labute approximate surface area is 186 Å². The molecule has 8 nitrogen and oxygen atoms in total. The average Bonchev–Trinajstić information content (AvgIpc) is 2.76. The molecule has 0 saturated carbocycles. The van der Waals surface area contributed by atoms with Gasteiger partial charge in [-0.2, -0.15) is 18.2 Å². The van der Waals surface area contributed by atoms with E-state index in [0.29, 0.717) is 23.2 Å². The van der Waals surface area contributed by atoms with Gasteiger partial charge in [-0.3, -0.25) is 4.79 Å². The van der Waals surface area contributed by atoms with Crippen molar-refractivity contribution in [3.63, 3.8) is 0 Å². The molecule has 0 aliphatic carbocycles. The van der Waals surface area contributed by atoms with E-state index >= 15 is 0 Å². The fourth-order valence-corrected chi connectivity index (χ4v) is 4.90. The number of nitrogens with zero attached hydrogens (tertiary/aromatic N) is 3. The van der Waals surface area contributed by atoms with Gasteiger partial charge in [0.15, 0.2) is 5.84 Å². The van der Waals surface area contributed by atoms with Gasteiger partial charge in [0.1, 0.15) is 16.2 Å². The minimum atomic E-state index is -4.05. The number of nitrogens with one attached hydrogen (secondary N) is 1. The van der Waals surface area contributed by atoms with E-state index in [1.807, 2.05) is 0 Å². The first-order valence-corrected chi connectivity index (χ1v) is 11.9. The molecule has 9 heteroatoms. The largest absolute Gasteiger partial charge is 0.506 e. The molecule has 3 aromatic rings. The standard InChI is InChI=1S/C23H24N4O4S/c1-3-8-15(2)13-14-24-27-18-11-6-4-9-16(18)21(28)20(23(27)29)22-25-17-10-5-7-12-19(17)32(30,31)26-22/h4-7,9-12,14-15,28H,3,8,13H2,1-2H3,(H,25,26). The lowest BCUT2D eigenvalue weighted by Gasteiger charge is -2.19. The minimum absolute atomic E-state index is 0.00675. The summed E-state index contributed by atoms with van der Waals surface area (Å²) in [7, 11) is -4.05. The zero-order valence-electron chi connectivity index (χ0n) is 17.8. The van der Waals surface area contributed by atoms with Gasteiger partial charge in [-0.1, -0.05) is 51.0 Å². The van der Waals surface area contributed by atoms with Gasteiger partial charge in [-0.25, -0.2) is 0 Å². The van der Waals surface area contributed by atoms with Gasteiger partial charge in [0, 0.05) is 11.6 Å². The van der Waals surface area contributed by atoms with Gasteiger partial charge in [-0.05, 0) is 36.6 Å². The van der Waals surface area contributed by atoms with E-state index in [0.717, 1.165) is 12.8 Å². The van der Waals surface area contributed by atoms with Crippen molar-refractivity contribution in [3.8, 4) is 5.75 Å². The van der Waals surface area contributed by atoms with Crippen LogP contribution in [0.4, 0.5) is 5.69 Å². The van der Waals surface area contributed by atoms with Crippen LogP contribution < -0.4 is 10.9 Å². The second-order valence-corrected chi connectivity index (χ2v) is 9.39.